The minimum absolute atomic E-state index is 0.0495. The maximum atomic E-state index is 13.6. The molecule has 0 bridgehead atoms. The number of sulfonamides is 1. The van der Waals surface area contributed by atoms with Gasteiger partial charge in [0.15, 0.2) is 0 Å². The Kier molecular flexibility index (Phi) is 4.42. The van der Waals surface area contributed by atoms with Crippen LogP contribution in [-0.2, 0) is 21.4 Å². The highest BCUT2D eigenvalue weighted by Gasteiger charge is 2.27. The SMILES string of the molecule is O=S(=O)(c1cc(F)c(Cl)c(CO)c1)N1CCOCC1. The molecular formula is C11H13ClFNO4S. The molecule has 0 atom stereocenters. The second-order valence-corrected chi connectivity index (χ2v) is 6.37. The fourth-order valence-corrected chi connectivity index (χ4v) is 3.46. The molecule has 0 amide bonds. The van der Waals surface area contributed by atoms with Crippen molar-refractivity contribution in [1.29, 1.82) is 0 Å². The van der Waals surface area contributed by atoms with Crippen LogP contribution in [0.15, 0.2) is 17.0 Å². The molecule has 1 fully saturated rings. The summed E-state index contributed by atoms with van der Waals surface area (Å²) >= 11 is 5.64. The maximum absolute atomic E-state index is 13.6. The molecule has 1 aromatic carbocycles. The average Bonchev–Trinajstić information content (AvgIpc) is 2.42. The van der Waals surface area contributed by atoms with E-state index in [2.05, 4.69) is 0 Å². The van der Waals surface area contributed by atoms with Gasteiger partial charge < -0.3 is 9.84 Å². The molecule has 1 N–H and O–H groups in total. The first-order valence-electron chi connectivity index (χ1n) is 5.63. The smallest absolute Gasteiger partial charge is 0.243 e. The van der Waals surface area contributed by atoms with Crippen LogP contribution in [0.3, 0.4) is 0 Å². The molecule has 8 heteroatoms. The molecule has 0 aliphatic carbocycles. The van der Waals surface area contributed by atoms with Crippen LogP contribution in [0, 0.1) is 5.82 Å². The monoisotopic (exact) mass is 309 g/mol. The van der Waals surface area contributed by atoms with Gasteiger partial charge in [0.2, 0.25) is 10.0 Å². The van der Waals surface area contributed by atoms with Crippen molar-refractivity contribution in [3.05, 3.63) is 28.5 Å². The fraction of sp³-hybridized carbons (Fsp3) is 0.455. The molecular weight excluding hydrogens is 297 g/mol. The summed E-state index contributed by atoms with van der Waals surface area (Å²) in [6.07, 6.45) is 0. The predicted molar refractivity (Wildman–Crippen MR) is 66.9 cm³/mol. The molecule has 106 valence electrons. The predicted octanol–water partition coefficient (Wildman–Crippen LogP) is 0.992. The molecule has 0 unspecified atom stereocenters. The topological polar surface area (TPSA) is 66.8 Å². The van der Waals surface area contributed by atoms with Crippen LogP contribution in [-0.4, -0.2) is 44.1 Å². The van der Waals surface area contributed by atoms with Crippen LogP contribution in [0.5, 0.6) is 0 Å². The van der Waals surface area contributed by atoms with E-state index in [9.17, 15) is 12.8 Å². The van der Waals surface area contributed by atoms with Crippen LogP contribution in [0.25, 0.3) is 0 Å². The molecule has 19 heavy (non-hydrogen) atoms. The molecule has 1 aromatic rings. The Bertz CT molecular complexity index is 572. The quantitative estimate of drug-likeness (QED) is 0.904. The minimum atomic E-state index is -3.79. The minimum Gasteiger partial charge on any atom is -0.392 e. The van der Waals surface area contributed by atoms with Crippen molar-refractivity contribution in [3.63, 3.8) is 0 Å². The number of morpholine rings is 1. The van der Waals surface area contributed by atoms with E-state index in [1.165, 1.54) is 10.4 Å². The van der Waals surface area contributed by atoms with Gasteiger partial charge in [-0.25, -0.2) is 12.8 Å². The second-order valence-electron chi connectivity index (χ2n) is 4.05. The number of halogens is 2. The Morgan fingerprint density at radius 3 is 2.58 bits per heavy atom. The summed E-state index contributed by atoms with van der Waals surface area (Å²) in [6, 6.07) is 2.06. The first-order valence-corrected chi connectivity index (χ1v) is 7.45. The third-order valence-corrected chi connectivity index (χ3v) is 5.15. The number of nitrogens with zero attached hydrogens (tertiary/aromatic N) is 1. The Morgan fingerprint density at radius 2 is 2.00 bits per heavy atom. The second kappa shape index (κ2) is 5.72. The molecule has 0 aromatic heterocycles. The maximum Gasteiger partial charge on any atom is 0.243 e. The number of ether oxygens (including phenoxy) is 1. The lowest BCUT2D eigenvalue weighted by Crippen LogP contribution is -2.40. The number of aliphatic hydroxyl groups excluding tert-OH is 1. The Morgan fingerprint density at radius 1 is 1.37 bits per heavy atom. The fourth-order valence-electron chi connectivity index (χ4n) is 1.82. The van der Waals surface area contributed by atoms with Gasteiger partial charge >= 0.3 is 0 Å². The van der Waals surface area contributed by atoms with Gasteiger partial charge in [0.05, 0.1) is 29.7 Å². The third-order valence-electron chi connectivity index (χ3n) is 2.86. The van der Waals surface area contributed by atoms with Gasteiger partial charge in [-0.15, -0.1) is 0 Å². The van der Waals surface area contributed by atoms with Crippen molar-refractivity contribution in [2.45, 2.75) is 11.5 Å². The first kappa shape index (κ1) is 14.7. The van der Waals surface area contributed by atoms with Gasteiger partial charge in [-0.2, -0.15) is 4.31 Å². The highest BCUT2D eigenvalue weighted by molar-refractivity contribution is 7.89. The number of hydrogen-bond donors (Lipinski definition) is 1. The molecule has 5 nitrogen and oxygen atoms in total. The van der Waals surface area contributed by atoms with Crippen LogP contribution in [0.2, 0.25) is 5.02 Å². The van der Waals surface area contributed by atoms with Gasteiger partial charge in [0.1, 0.15) is 5.82 Å². The van der Waals surface area contributed by atoms with Gasteiger partial charge in [0.25, 0.3) is 0 Å². The summed E-state index contributed by atoms with van der Waals surface area (Å²) in [5, 5.41) is 8.80. The van der Waals surface area contributed by atoms with E-state index in [0.717, 1.165) is 6.07 Å². The largest absolute Gasteiger partial charge is 0.392 e. The molecule has 1 saturated heterocycles. The molecule has 1 aliphatic heterocycles. The number of benzene rings is 1. The summed E-state index contributed by atoms with van der Waals surface area (Å²) in [5.74, 6) is -0.861. The van der Waals surface area contributed by atoms with E-state index >= 15 is 0 Å². The van der Waals surface area contributed by atoms with Crippen molar-refractivity contribution in [3.8, 4) is 0 Å². The van der Waals surface area contributed by atoms with E-state index < -0.39 is 22.4 Å². The van der Waals surface area contributed by atoms with Crippen LogP contribution >= 0.6 is 11.6 Å². The van der Waals surface area contributed by atoms with Crippen LogP contribution in [0.1, 0.15) is 5.56 Å². The molecule has 1 aliphatic rings. The van der Waals surface area contributed by atoms with Gasteiger partial charge in [-0.3, -0.25) is 0 Å². The highest BCUT2D eigenvalue weighted by Crippen LogP contribution is 2.26. The van der Waals surface area contributed by atoms with Crippen LogP contribution < -0.4 is 0 Å². The Labute approximate surface area is 115 Å². The van der Waals surface area contributed by atoms with E-state index in [4.69, 9.17) is 21.4 Å². The summed E-state index contributed by atoms with van der Waals surface area (Å²) < 4.78 is 44.5. The third kappa shape index (κ3) is 2.90. The van der Waals surface area contributed by atoms with Gasteiger partial charge in [-0.1, -0.05) is 11.6 Å². The number of hydrogen-bond acceptors (Lipinski definition) is 4. The molecule has 0 radical (unpaired) electrons. The number of aliphatic hydroxyl groups is 1. The lowest BCUT2D eigenvalue weighted by molar-refractivity contribution is 0.0730. The van der Waals surface area contributed by atoms with E-state index in [0.29, 0.717) is 13.2 Å². The van der Waals surface area contributed by atoms with E-state index in [-0.39, 0.29) is 28.6 Å². The van der Waals surface area contributed by atoms with Crippen molar-refractivity contribution in [1.82, 2.24) is 4.31 Å². The molecule has 1 heterocycles. The zero-order chi connectivity index (χ0) is 14.0. The molecule has 2 rings (SSSR count). The van der Waals surface area contributed by atoms with Gasteiger partial charge in [0, 0.05) is 18.7 Å². The normalized spacial score (nSPS) is 17.6. The van der Waals surface area contributed by atoms with Crippen molar-refractivity contribution in [2.24, 2.45) is 0 Å². The highest BCUT2D eigenvalue weighted by atomic mass is 35.5. The van der Waals surface area contributed by atoms with Gasteiger partial charge in [-0.05, 0) is 12.1 Å². The summed E-state index contributed by atoms with van der Waals surface area (Å²) in [5.41, 5.74) is 0.0495. The summed E-state index contributed by atoms with van der Waals surface area (Å²) in [4.78, 5) is -0.208. The average molecular weight is 310 g/mol. The first-order chi connectivity index (χ1) is 8.96. The van der Waals surface area contributed by atoms with Crippen molar-refractivity contribution in [2.75, 3.05) is 26.3 Å². The zero-order valence-corrected chi connectivity index (χ0v) is 11.5. The molecule has 0 spiro atoms. The number of rotatable bonds is 3. The van der Waals surface area contributed by atoms with Crippen molar-refractivity contribution >= 4 is 21.6 Å². The molecule has 0 saturated carbocycles. The standard InChI is InChI=1S/C11H13ClFNO4S/c12-11-8(7-15)5-9(6-10(11)13)19(16,17)14-1-3-18-4-2-14/h5-6,15H,1-4,7H2. The summed E-state index contributed by atoms with van der Waals surface area (Å²) in [6.45, 7) is 0.536. The zero-order valence-electron chi connectivity index (χ0n) is 9.97. The summed E-state index contributed by atoms with van der Waals surface area (Å²) in [7, 11) is -3.79. The lowest BCUT2D eigenvalue weighted by Gasteiger charge is -2.26. The Hall–Kier alpha value is -0.730. The van der Waals surface area contributed by atoms with E-state index in [1.807, 2.05) is 0 Å². The van der Waals surface area contributed by atoms with Crippen molar-refractivity contribution < 1.29 is 22.7 Å². The van der Waals surface area contributed by atoms with Crippen LogP contribution in [0.4, 0.5) is 4.39 Å². The lowest BCUT2D eigenvalue weighted by atomic mass is 10.2. The Balaban J connectivity index is 2.42. The van der Waals surface area contributed by atoms with E-state index in [1.54, 1.807) is 0 Å².